The van der Waals surface area contributed by atoms with E-state index >= 15 is 0 Å². The molecule has 0 radical (unpaired) electrons. The molecule has 10 heteroatoms. The summed E-state index contributed by atoms with van der Waals surface area (Å²) in [5, 5.41) is 14.5. The number of anilines is 1. The number of benzene rings is 5. The molecule has 2 atom stereocenters. The fourth-order valence-electron chi connectivity index (χ4n) is 6.02. The maximum atomic E-state index is 13.1. The number of nitrogens with one attached hydrogen (secondary N) is 2. The molecule has 0 saturated carbocycles. The minimum Gasteiger partial charge on any atom is -0.492 e. The Labute approximate surface area is 300 Å². The molecule has 0 aromatic heterocycles. The van der Waals surface area contributed by atoms with Crippen LogP contribution in [0.25, 0.3) is 11.1 Å². The Bertz CT molecular complexity index is 2060. The predicted molar refractivity (Wildman–Crippen MR) is 200 cm³/mol. The highest BCUT2D eigenvalue weighted by atomic mass is 32.2. The number of fused-ring (bicyclic) bond motifs is 4. The average Bonchev–Trinajstić information content (AvgIpc) is 3.11. The summed E-state index contributed by atoms with van der Waals surface area (Å²) in [6.07, 6.45) is -1.02. The lowest BCUT2D eigenvalue weighted by Gasteiger charge is -2.24. The van der Waals surface area contributed by atoms with Gasteiger partial charge in [-0.3, -0.25) is 4.72 Å². The Morgan fingerprint density at radius 2 is 1.65 bits per heavy atom. The minimum atomic E-state index is -3.87. The van der Waals surface area contributed by atoms with Crippen LogP contribution in [0, 0.1) is 13.8 Å². The van der Waals surface area contributed by atoms with Crippen LogP contribution in [0.15, 0.2) is 114 Å². The molecule has 9 nitrogen and oxygen atoms in total. The molecule has 0 amide bonds. The third-order valence-electron chi connectivity index (χ3n) is 8.64. The highest BCUT2D eigenvalue weighted by molar-refractivity contribution is 7.92. The molecular formula is C41H44N2O7S. The Hall–Kier alpha value is -5.16. The van der Waals surface area contributed by atoms with Crippen LogP contribution in [-0.4, -0.2) is 38.7 Å². The van der Waals surface area contributed by atoms with E-state index in [2.05, 4.69) is 10.0 Å². The van der Waals surface area contributed by atoms with Gasteiger partial charge in [-0.15, -0.1) is 0 Å². The number of aliphatic hydroxyl groups is 1. The lowest BCUT2D eigenvalue weighted by Crippen LogP contribution is -2.35. The van der Waals surface area contributed by atoms with Gasteiger partial charge >= 0.3 is 5.97 Å². The number of sulfonamides is 1. The highest BCUT2D eigenvalue weighted by Crippen LogP contribution is 2.34. The number of hydrogen-bond acceptors (Lipinski definition) is 8. The van der Waals surface area contributed by atoms with E-state index in [0.29, 0.717) is 30.0 Å². The number of rotatable bonds is 11. The molecule has 6 rings (SSSR count). The Morgan fingerprint density at radius 1 is 0.922 bits per heavy atom. The van der Waals surface area contributed by atoms with Gasteiger partial charge in [0, 0.05) is 24.2 Å². The second-order valence-electron chi connectivity index (χ2n) is 12.4. The first-order valence-electron chi connectivity index (χ1n) is 16.4. The van der Waals surface area contributed by atoms with E-state index in [1.165, 1.54) is 6.07 Å². The van der Waals surface area contributed by atoms with Crippen LogP contribution in [0.5, 0.6) is 11.5 Å². The van der Waals surface area contributed by atoms with Crippen molar-refractivity contribution in [1.29, 1.82) is 0 Å². The molecule has 0 unspecified atom stereocenters. The molecule has 0 aliphatic carbocycles. The summed E-state index contributed by atoms with van der Waals surface area (Å²) in [4.78, 5) is 12.7. The third kappa shape index (κ3) is 8.96. The van der Waals surface area contributed by atoms with Crippen molar-refractivity contribution in [2.24, 2.45) is 0 Å². The van der Waals surface area contributed by atoms with Crippen molar-refractivity contribution in [3.05, 3.63) is 143 Å². The van der Waals surface area contributed by atoms with Gasteiger partial charge in [0.1, 0.15) is 31.3 Å². The topological polar surface area (TPSA) is 123 Å². The first kappa shape index (κ1) is 37.1. The standard InChI is InChI=1S/C40H40N2O7S.CH4/c1-26-20-34(21-27(2)38(26)31-12-14-32(15-13-31)40(44)49-24-29-8-5-4-6-9-29)47-19-18-41-28(3)39(43)36-17-16-33-23-37(36)42-50(45,46)35-11-7-10-30(22-35)25-48-33;/h4-17,20-23,28,39,41-43H,18-19,24-25H2,1-3H3;1H4/t28-,39-;/m0./s1. The quantitative estimate of drug-likeness (QED) is 0.0941. The van der Waals surface area contributed by atoms with Crippen LogP contribution in [0.3, 0.4) is 0 Å². The van der Waals surface area contributed by atoms with Crippen molar-refractivity contribution in [2.75, 3.05) is 17.9 Å². The number of carbonyl (C=O) groups is 1. The molecule has 3 N–H and O–H groups in total. The zero-order chi connectivity index (χ0) is 35.3. The zero-order valence-electron chi connectivity index (χ0n) is 28.2. The molecule has 1 heterocycles. The monoisotopic (exact) mass is 708 g/mol. The van der Waals surface area contributed by atoms with E-state index in [1.54, 1.807) is 42.5 Å². The van der Waals surface area contributed by atoms with Crippen LogP contribution in [0.4, 0.5) is 5.69 Å². The molecule has 5 aromatic rings. The Morgan fingerprint density at radius 3 is 2.37 bits per heavy atom. The number of carbonyl (C=O) groups excluding carboxylic acids is 1. The number of ether oxygens (including phenoxy) is 3. The maximum absolute atomic E-state index is 13.1. The van der Waals surface area contributed by atoms with Gasteiger partial charge in [-0.1, -0.05) is 68.1 Å². The number of aliphatic hydroxyl groups excluding tert-OH is 1. The Kier molecular flexibility index (Phi) is 11.8. The van der Waals surface area contributed by atoms with Crippen LogP contribution in [0.2, 0.25) is 0 Å². The molecule has 1 aliphatic rings. The molecule has 0 spiro atoms. The largest absolute Gasteiger partial charge is 0.492 e. The molecule has 4 bridgehead atoms. The summed E-state index contributed by atoms with van der Waals surface area (Å²) in [6.45, 7) is 7.11. The maximum Gasteiger partial charge on any atom is 0.338 e. The molecule has 5 aromatic carbocycles. The smallest absolute Gasteiger partial charge is 0.338 e. The second-order valence-corrected chi connectivity index (χ2v) is 14.1. The highest BCUT2D eigenvalue weighted by Gasteiger charge is 2.24. The van der Waals surface area contributed by atoms with Crippen LogP contribution in [0.1, 0.15) is 58.6 Å². The summed E-state index contributed by atoms with van der Waals surface area (Å²) < 4.78 is 46.3. The van der Waals surface area contributed by atoms with E-state index in [4.69, 9.17) is 14.2 Å². The number of hydrogen-bond donors (Lipinski definition) is 3. The lowest BCUT2D eigenvalue weighted by atomic mass is 9.95. The molecule has 266 valence electrons. The van der Waals surface area contributed by atoms with Crippen molar-refractivity contribution < 1.29 is 32.5 Å². The minimum absolute atomic E-state index is 0. The fourth-order valence-corrected chi connectivity index (χ4v) is 7.17. The van der Waals surface area contributed by atoms with Gasteiger partial charge in [0.2, 0.25) is 0 Å². The summed E-state index contributed by atoms with van der Waals surface area (Å²) in [7, 11) is -3.87. The summed E-state index contributed by atoms with van der Waals surface area (Å²) in [5.41, 5.74) is 6.98. The van der Waals surface area contributed by atoms with E-state index < -0.39 is 22.2 Å². The van der Waals surface area contributed by atoms with Gasteiger partial charge in [0.15, 0.2) is 0 Å². The summed E-state index contributed by atoms with van der Waals surface area (Å²) in [5.74, 6) is 0.845. The van der Waals surface area contributed by atoms with E-state index in [0.717, 1.165) is 39.1 Å². The molecular weight excluding hydrogens is 665 g/mol. The van der Waals surface area contributed by atoms with Gasteiger partial charge in [-0.25, -0.2) is 13.2 Å². The van der Waals surface area contributed by atoms with Gasteiger partial charge < -0.3 is 24.6 Å². The molecule has 51 heavy (non-hydrogen) atoms. The number of aryl methyl sites for hydroxylation is 2. The van der Waals surface area contributed by atoms with Gasteiger partial charge in [-0.05, 0) is 96.6 Å². The average molecular weight is 709 g/mol. The molecule has 0 fully saturated rings. The van der Waals surface area contributed by atoms with Crippen LogP contribution < -0.4 is 19.5 Å². The fraction of sp³-hybridized carbons (Fsp3) is 0.244. The normalized spacial score (nSPS) is 14.1. The van der Waals surface area contributed by atoms with Gasteiger partial charge in [0.05, 0.1) is 22.3 Å². The second kappa shape index (κ2) is 16.2. The van der Waals surface area contributed by atoms with Crippen molar-refractivity contribution in [2.45, 2.75) is 58.5 Å². The lowest BCUT2D eigenvalue weighted by molar-refractivity contribution is 0.0472. The van der Waals surface area contributed by atoms with Gasteiger partial charge in [0.25, 0.3) is 10.0 Å². The van der Waals surface area contributed by atoms with Crippen LogP contribution >= 0.6 is 0 Å². The first-order chi connectivity index (χ1) is 24.1. The number of esters is 1. The van der Waals surface area contributed by atoms with Crippen molar-refractivity contribution >= 4 is 21.7 Å². The zero-order valence-corrected chi connectivity index (χ0v) is 29.0. The van der Waals surface area contributed by atoms with Crippen molar-refractivity contribution in [1.82, 2.24) is 5.32 Å². The predicted octanol–water partition coefficient (Wildman–Crippen LogP) is 7.75. The third-order valence-corrected chi connectivity index (χ3v) is 10.0. The molecule has 1 aliphatic heterocycles. The Balaban J connectivity index is 0.00000504. The SMILES string of the molecule is C.Cc1cc(OCCN[C@@H](C)[C@H](O)c2ccc3cc2NS(=O)(=O)c2cccc(c2)CO3)cc(C)c1-c1ccc(C(=O)OCc2ccccc2)cc1. The molecule has 0 saturated heterocycles. The van der Waals surface area contributed by atoms with E-state index in [9.17, 15) is 18.3 Å². The van der Waals surface area contributed by atoms with E-state index in [1.807, 2.05) is 81.4 Å². The van der Waals surface area contributed by atoms with Crippen LogP contribution in [-0.2, 0) is 28.0 Å². The summed E-state index contributed by atoms with van der Waals surface area (Å²) >= 11 is 0. The van der Waals surface area contributed by atoms with Crippen molar-refractivity contribution in [3.8, 4) is 22.6 Å². The van der Waals surface area contributed by atoms with E-state index in [-0.39, 0.29) is 37.2 Å². The van der Waals surface area contributed by atoms with Gasteiger partial charge in [-0.2, -0.15) is 0 Å². The first-order valence-corrected chi connectivity index (χ1v) is 17.9. The van der Waals surface area contributed by atoms with Crippen molar-refractivity contribution in [3.63, 3.8) is 0 Å². The summed E-state index contributed by atoms with van der Waals surface area (Å²) in [6, 6.07) is 32.1.